The van der Waals surface area contributed by atoms with E-state index in [9.17, 15) is 13.6 Å². The zero-order chi connectivity index (χ0) is 21.4. The quantitative estimate of drug-likeness (QED) is 0.689. The predicted octanol–water partition coefficient (Wildman–Crippen LogP) is 3.99. The van der Waals surface area contributed by atoms with Crippen LogP contribution in [0.1, 0.15) is 33.0 Å². The van der Waals surface area contributed by atoms with Crippen molar-refractivity contribution in [2.45, 2.75) is 19.9 Å². The average Bonchev–Trinajstić information content (AvgIpc) is 2.99. The summed E-state index contributed by atoms with van der Waals surface area (Å²) in [6, 6.07) is 7.93. The molecule has 1 aliphatic rings. The normalized spacial score (nSPS) is 12.8. The van der Waals surface area contributed by atoms with Crippen LogP contribution in [0.15, 0.2) is 36.5 Å². The zero-order valence-electron chi connectivity index (χ0n) is 16.8. The van der Waals surface area contributed by atoms with Crippen molar-refractivity contribution in [3.8, 4) is 5.75 Å². The molecule has 154 valence electrons. The van der Waals surface area contributed by atoms with Gasteiger partial charge in [-0.3, -0.25) is 14.8 Å². The van der Waals surface area contributed by atoms with Crippen molar-refractivity contribution in [3.05, 3.63) is 76.4 Å². The van der Waals surface area contributed by atoms with Gasteiger partial charge in [0.05, 0.1) is 42.5 Å². The Balaban J connectivity index is 1.76. The van der Waals surface area contributed by atoms with Crippen molar-refractivity contribution in [1.29, 1.82) is 0 Å². The Kier molecular flexibility index (Phi) is 5.07. The van der Waals surface area contributed by atoms with Crippen LogP contribution in [0.25, 0.3) is 0 Å². The Hall–Kier alpha value is -3.55. The highest BCUT2D eigenvalue weighted by Crippen LogP contribution is 2.35. The van der Waals surface area contributed by atoms with Gasteiger partial charge in [-0.2, -0.15) is 0 Å². The minimum Gasteiger partial charge on any atom is -0.492 e. The van der Waals surface area contributed by atoms with Crippen LogP contribution in [0.3, 0.4) is 0 Å². The van der Waals surface area contributed by atoms with E-state index in [1.165, 1.54) is 19.4 Å². The van der Waals surface area contributed by atoms with Crippen LogP contribution in [-0.2, 0) is 13.0 Å². The first-order valence-electron chi connectivity index (χ1n) is 9.36. The van der Waals surface area contributed by atoms with E-state index in [0.717, 1.165) is 0 Å². The molecule has 1 N–H and O–H groups in total. The molecular formula is C22H20F2N4O2. The molecule has 6 nitrogen and oxygen atoms in total. The Morgan fingerprint density at radius 2 is 1.97 bits per heavy atom. The molecule has 4 rings (SSSR count). The third kappa shape index (κ3) is 3.56. The molecule has 0 unspecified atom stereocenters. The first-order valence-corrected chi connectivity index (χ1v) is 9.36. The number of halogens is 2. The second-order valence-corrected chi connectivity index (χ2v) is 7.19. The van der Waals surface area contributed by atoms with Gasteiger partial charge in [0.2, 0.25) is 0 Å². The number of nitrogens with zero attached hydrogens (tertiary/aromatic N) is 3. The van der Waals surface area contributed by atoms with Gasteiger partial charge in [-0.25, -0.2) is 8.78 Å². The number of rotatable bonds is 5. The SMILES string of the molecule is COc1c(F)cccc1Nc1cc(Cc2cc(C)c(F)cn2)nc2c1C(=O)N(C)C2. The molecule has 1 amide bonds. The molecule has 30 heavy (non-hydrogen) atoms. The monoisotopic (exact) mass is 410 g/mol. The van der Waals surface area contributed by atoms with E-state index in [4.69, 9.17) is 4.74 Å². The summed E-state index contributed by atoms with van der Waals surface area (Å²) in [5, 5.41) is 3.13. The van der Waals surface area contributed by atoms with E-state index in [2.05, 4.69) is 15.3 Å². The number of hydrogen-bond donors (Lipinski definition) is 1. The number of fused-ring (bicyclic) bond motifs is 1. The van der Waals surface area contributed by atoms with Crippen LogP contribution in [-0.4, -0.2) is 34.9 Å². The van der Waals surface area contributed by atoms with E-state index in [1.54, 1.807) is 43.1 Å². The van der Waals surface area contributed by atoms with Crippen molar-refractivity contribution in [2.75, 3.05) is 19.5 Å². The molecule has 0 spiro atoms. The molecule has 3 heterocycles. The second kappa shape index (κ2) is 7.70. The number of hydrogen-bond acceptors (Lipinski definition) is 5. The lowest BCUT2D eigenvalue weighted by atomic mass is 10.1. The van der Waals surface area contributed by atoms with E-state index >= 15 is 0 Å². The summed E-state index contributed by atoms with van der Waals surface area (Å²) < 4.78 is 32.8. The molecule has 0 radical (unpaired) electrons. The van der Waals surface area contributed by atoms with Crippen molar-refractivity contribution in [2.24, 2.45) is 0 Å². The largest absolute Gasteiger partial charge is 0.492 e. The first kappa shape index (κ1) is 19.8. The molecule has 0 atom stereocenters. The summed E-state index contributed by atoms with van der Waals surface area (Å²) in [6.07, 6.45) is 1.55. The molecular weight excluding hydrogens is 390 g/mol. The minimum atomic E-state index is -0.511. The number of anilines is 2. The highest BCUT2D eigenvalue weighted by atomic mass is 19.1. The third-order valence-electron chi connectivity index (χ3n) is 5.00. The van der Waals surface area contributed by atoms with E-state index in [-0.39, 0.29) is 17.5 Å². The maximum absolute atomic E-state index is 14.1. The number of pyridine rings is 2. The predicted molar refractivity (Wildman–Crippen MR) is 108 cm³/mol. The molecule has 0 saturated carbocycles. The van der Waals surface area contributed by atoms with Gasteiger partial charge in [-0.1, -0.05) is 6.07 Å². The fraction of sp³-hybridized carbons (Fsp3) is 0.227. The fourth-order valence-electron chi connectivity index (χ4n) is 3.52. The Labute approximate surface area is 172 Å². The van der Waals surface area contributed by atoms with Gasteiger partial charge in [0, 0.05) is 24.9 Å². The summed E-state index contributed by atoms with van der Waals surface area (Å²) >= 11 is 0. The first-order chi connectivity index (χ1) is 14.4. The van der Waals surface area contributed by atoms with Crippen LogP contribution in [0.2, 0.25) is 0 Å². The lowest BCUT2D eigenvalue weighted by Crippen LogP contribution is -2.18. The Bertz CT molecular complexity index is 1150. The molecule has 0 saturated heterocycles. The van der Waals surface area contributed by atoms with Gasteiger partial charge in [0.25, 0.3) is 5.91 Å². The Morgan fingerprint density at radius 1 is 1.17 bits per heavy atom. The lowest BCUT2D eigenvalue weighted by Gasteiger charge is -2.15. The molecule has 2 aromatic heterocycles. The highest BCUT2D eigenvalue weighted by Gasteiger charge is 2.30. The van der Waals surface area contributed by atoms with Gasteiger partial charge in [0.1, 0.15) is 5.82 Å². The maximum Gasteiger partial charge on any atom is 0.257 e. The number of aromatic nitrogens is 2. The number of nitrogens with one attached hydrogen (secondary N) is 1. The number of benzene rings is 1. The van der Waals surface area contributed by atoms with Gasteiger partial charge < -0.3 is 15.0 Å². The van der Waals surface area contributed by atoms with Gasteiger partial charge in [-0.15, -0.1) is 0 Å². The molecule has 8 heteroatoms. The number of methoxy groups -OCH3 is 1. The zero-order valence-corrected chi connectivity index (χ0v) is 16.8. The van der Waals surface area contributed by atoms with Crippen LogP contribution < -0.4 is 10.1 Å². The standard InChI is InChI=1S/C22H20F2N4O2/c1-12-7-13(25-10-16(12)24)8-14-9-18(20-19(26-14)11-28(2)22(20)29)27-17-6-4-5-15(23)21(17)30-3/h4-7,9-10H,8,11H2,1-3H3,(H,26,27). The highest BCUT2D eigenvalue weighted by molar-refractivity contribution is 6.03. The van der Waals surface area contributed by atoms with Gasteiger partial charge >= 0.3 is 0 Å². The summed E-state index contributed by atoms with van der Waals surface area (Å²) in [4.78, 5) is 23.0. The summed E-state index contributed by atoms with van der Waals surface area (Å²) in [5.41, 5.74) is 3.79. The maximum atomic E-state index is 14.1. The summed E-state index contributed by atoms with van der Waals surface area (Å²) in [6.45, 7) is 2.04. The number of para-hydroxylation sites is 1. The molecule has 0 fully saturated rings. The van der Waals surface area contributed by atoms with Crippen molar-refractivity contribution in [3.63, 3.8) is 0 Å². The molecule has 1 aromatic carbocycles. The van der Waals surface area contributed by atoms with Crippen LogP contribution >= 0.6 is 0 Å². The van der Waals surface area contributed by atoms with E-state index in [0.29, 0.717) is 52.5 Å². The number of amides is 1. The van der Waals surface area contributed by atoms with Gasteiger partial charge in [0.15, 0.2) is 11.6 Å². The minimum absolute atomic E-state index is 0.0549. The summed E-state index contributed by atoms with van der Waals surface area (Å²) in [7, 11) is 3.08. The number of carbonyl (C=O) groups excluding carboxylic acids is 1. The van der Waals surface area contributed by atoms with E-state index < -0.39 is 5.82 Å². The van der Waals surface area contributed by atoms with Crippen molar-refractivity contribution >= 4 is 17.3 Å². The topological polar surface area (TPSA) is 67.3 Å². The number of aryl methyl sites for hydroxylation is 1. The van der Waals surface area contributed by atoms with E-state index in [1.807, 2.05) is 0 Å². The molecule has 3 aromatic rings. The van der Waals surface area contributed by atoms with Crippen molar-refractivity contribution < 1.29 is 18.3 Å². The third-order valence-corrected chi connectivity index (χ3v) is 5.00. The number of ether oxygens (including phenoxy) is 1. The average molecular weight is 410 g/mol. The number of carbonyl (C=O) groups is 1. The summed E-state index contributed by atoms with van der Waals surface area (Å²) in [5.74, 6) is -0.992. The van der Waals surface area contributed by atoms with Crippen LogP contribution in [0.5, 0.6) is 5.75 Å². The smallest absolute Gasteiger partial charge is 0.257 e. The fourth-order valence-corrected chi connectivity index (χ4v) is 3.52. The lowest BCUT2D eigenvalue weighted by molar-refractivity contribution is 0.0817. The van der Waals surface area contributed by atoms with Gasteiger partial charge in [-0.05, 0) is 36.8 Å². The van der Waals surface area contributed by atoms with Crippen molar-refractivity contribution in [1.82, 2.24) is 14.9 Å². The Morgan fingerprint density at radius 3 is 2.70 bits per heavy atom. The molecule has 0 aliphatic carbocycles. The van der Waals surface area contributed by atoms with Crippen LogP contribution in [0, 0.1) is 18.6 Å². The molecule has 1 aliphatic heterocycles. The molecule has 0 bridgehead atoms. The second-order valence-electron chi connectivity index (χ2n) is 7.19. The van der Waals surface area contributed by atoms with Crippen LogP contribution in [0.4, 0.5) is 20.2 Å².